The van der Waals surface area contributed by atoms with Gasteiger partial charge in [-0.2, -0.15) is 0 Å². The van der Waals surface area contributed by atoms with Crippen LogP contribution in [0, 0.1) is 5.82 Å². The van der Waals surface area contributed by atoms with E-state index in [0.717, 1.165) is 12.8 Å². The van der Waals surface area contributed by atoms with Crippen LogP contribution in [0.15, 0.2) is 47.4 Å². The molecule has 0 aromatic heterocycles. The summed E-state index contributed by atoms with van der Waals surface area (Å²) in [7, 11) is -3.67. The molecule has 0 N–H and O–H groups in total. The predicted octanol–water partition coefficient (Wildman–Crippen LogP) is 2.95. The van der Waals surface area contributed by atoms with Crippen LogP contribution >= 0.6 is 0 Å². The van der Waals surface area contributed by atoms with Crippen LogP contribution in [-0.4, -0.2) is 44.2 Å². The van der Waals surface area contributed by atoms with Gasteiger partial charge in [0, 0.05) is 30.6 Å². The third kappa shape index (κ3) is 4.53. The van der Waals surface area contributed by atoms with Crippen molar-refractivity contribution in [3.8, 4) is 11.5 Å². The molecule has 154 valence electrons. The molecule has 1 fully saturated rings. The summed E-state index contributed by atoms with van der Waals surface area (Å²) in [6.45, 7) is 0.939. The zero-order chi connectivity index (χ0) is 20.4. The molecule has 0 bridgehead atoms. The Morgan fingerprint density at radius 1 is 1.07 bits per heavy atom. The number of hydrogen-bond donors (Lipinski definition) is 0. The summed E-state index contributed by atoms with van der Waals surface area (Å²) in [6, 6.07) is 10.8. The first-order valence-electron chi connectivity index (χ1n) is 9.59. The second kappa shape index (κ2) is 8.02. The molecule has 0 saturated heterocycles. The van der Waals surface area contributed by atoms with E-state index in [2.05, 4.69) is 0 Å². The summed E-state index contributed by atoms with van der Waals surface area (Å²) < 4.78 is 50.3. The van der Waals surface area contributed by atoms with Crippen LogP contribution in [0.4, 0.5) is 4.39 Å². The average Bonchev–Trinajstić information content (AvgIpc) is 3.56. The number of fused-ring (bicyclic) bond motifs is 1. The van der Waals surface area contributed by atoms with Gasteiger partial charge in [-0.05, 0) is 31.0 Å². The van der Waals surface area contributed by atoms with Gasteiger partial charge < -0.3 is 14.4 Å². The van der Waals surface area contributed by atoms with Crippen LogP contribution in [0.2, 0.25) is 0 Å². The van der Waals surface area contributed by atoms with Crippen molar-refractivity contribution in [3.63, 3.8) is 0 Å². The zero-order valence-corrected chi connectivity index (χ0v) is 16.7. The number of hydrogen-bond acceptors (Lipinski definition) is 5. The van der Waals surface area contributed by atoms with Crippen LogP contribution in [0.25, 0.3) is 0 Å². The van der Waals surface area contributed by atoms with Gasteiger partial charge in [-0.3, -0.25) is 4.79 Å². The summed E-state index contributed by atoms with van der Waals surface area (Å²) in [5.41, 5.74) is 0.433. The largest absolute Gasteiger partial charge is 0.486 e. The van der Waals surface area contributed by atoms with Gasteiger partial charge in [0.15, 0.2) is 21.3 Å². The predicted molar refractivity (Wildman–Crippen MR) is 104 cm³/mol. The molecule has 1 aliphatic carbocycles. The summed E-state index contributed by atoms with van der Waals surface area (Å²) in [5.74, 6) is -0.0583. The van der Waals surface area contributed by atoms with Gasteiger partial charge in [0.05, 0.1) is 10.6 Å². The van der Waals surface area contributed by atoms with Crippen LogP contribution in [0.1, 0.15) is 24.8 Å². The third-order valence-corrected chi connectivity index (χ3v) is 6.78. The lowest BCUT2D eigenvalue weighted by Gasteiger charge is -2.23. The first-order chi connectivity index (χ1) is 13.9. The summed E-state index contributed by atoms with van der Waals surface area (Å²) >= 11 is 0. The molecule has 2 aromatic carbocycles. The lowest BCUT2D eigenvalue weighted by molar-refractivity contribution is -0.132. The first-order valence-corrected chi connectivity index (χ1v) is 11.2. The lowest BCUT2D eigenvalue weighted by Crippen LogP contribution is -2.34. The smallest absolute Gasteiger partial charge is 0.224 e. The molecule has 0 atom stereocenters. The maximum absolute atomic E-state index is 14.0. The van der Waals surface area contributed by atoms with Gasteiger partial charge in [-0.1, -0.05) is 18.2 Å². The molecule has 0 radical (unpaired) electrons. The Morgan fingerprint density at radius 2 is 1.79 bits per heavy atom. The van der Waals surface area contributed by atoms with E-state index in [4.69, 9.17) is 9.47 Å². The van der Waals surface area contributed by atoms with Crippen molar-refractivity contribution in [2.75, 3.05) is 19.0 Å². The van der Waals surface area contributed by atoms with Gasteiger partial charge in [-0.15, -0.1) is 0 Å². The minimum atomic E-state index is -3.67. The maximum Gasteiger partial charge on any atom is 0.224 e. The number of ether oxygens (including phenoxy) is 2. The molecule has 1 saturated carbocycles. The highest BCUT2D eigenvalue weighted by atomic mass is 32.2. The Kier molecular flexibility index (Phi) is 5.45. The molecule has 1 amide bonds. The van der Waals surface area contributed by atoms with Crippen molar-refractivity contribution in [2.45, 2.75) is 36.7 Å². The number of carbonyl (C=O) groups is 1. The molecule has 0 unspecified atom stereocenters. The Labute approximate surface area is 169 Å². The summed E-state index contributed by atoms with van der Waals surface area (Å²) in [6.07, 6.45) is 1.56. The first kappa shape index (κ1) is 19.7. The Bertz CT molecular complexity index is 1020. The quantitative estimate of drug-likeness (QED) is 0.690. The normalized spacial score (nSPS) is 15.8. The molecule has 4 rings (SSSR count). The van der Waals surface area contributed by atoms with Crippen molar-refractivity contribution < 1.29 is 27.1 Å². The number of amides is 1. The van der Waals surface area contributed by atoms with Crippen LogP contribution in [0.5, 0.6) is 11.5 Å². The Morgan fingerprint density at radius 3 is 2.52 bits per heavy atom. The summed E-state index contributed by atoms with van der Waals surface area (Å²) in [5, 5.41) is 0. The van der Waals surface area contributed by atoms with Crippen molar-refractivity contribution in [1.82, 2.24) is 4.90 Å². The molecule has 6 nitrogen and oxygen atoms in total. The van der Waals surface area contributed by atoms with E-state index in [0.29, 0.717) is 30.3 Å². The second-order valence-corrected chi connectivity index (χ2v) is 9.33. The zero-order valence-electron chi connectivity index (χ0n) is 15.8. The average molecular weight is 419 g/mol. The van der Waals surface area contributed by atoms with Gasteiger partial charge >= 0.3 is 0 Å². The van der Waals surface area contributed by atoms with Crippen molar-refractivity contribution >= 4 is 15.7 Å². The topological polar surface area (TPSA) is 72.9 Å². The number of carbonyl (C=O) groups excluding carboxylic acids is 1. The molecule has 0 spiro atoms. The Balaban J connectivity index is 1.44. The van der Waals surface area contributed by atoms with E-state index in [-0.39, 0.29) is 41.4 Å². The second-order valence-electron chi connectivity index (χ2n) is 7.22. The van der Waals surface area contributed by atoms with Crippen LogP contribution < -0.4 is 9.47 Å². The lowest BCUT2D eigenvalue weighted by atomic mass is 10.2. The van der Waals surface area contributed by atoms with E-state index in [1.54, 1.807) is 29.2 Å². The highest BCUT2D eigenvalue weighted by Crippen LogP contribution is 2.33. The highest BCUT2D eigenvalue weighted by molar-refractivity contribution is 7.91. The van der Waals surface area contributed by atoms with E-state index < -0.39 is 9.84 Å². The van der Waals surface area contributed by atoms with Gasteiger partial charge in [-0.25, -0.2) is 12.8 Å². The molecule has 8 heteroatoms. The standard InChI is InChI=1S/C21H22FNO5S/c22-18-4-2-1-3-15(18)14-23(16-5-6-16)21(24)9-12-29(25,26)17-7-8-19-20(13-17)28-11-10-27-19/h1-4,7-8,13,16H,5-6,9-12,14H2. The molecular formula is C21H22FNO5S. The SMILES string of the molecule is O=C(CCS(=O)(=O)c1ccc2c(c1)OCCO2)N(Cc1ccccc1F)C1CC1. The number of sulfone groups is 1. The van der Waals surface area contributed by atoms with Gasteiger partial charge in [0.1, 0.15) is 19.0 Å². The Hall–Kier alpha value is -2.61. The molecular weight excluding hydrogens is 397 g/mol. The van der Waals surface area contributed by atoms with E-state index in [1.165, 1.54) is 18.2 Å². The van der Waals surface area contributed by atoms with E-state index in [9.17, 15) is 17.6 Å². The number of halogens is 1. The highest BCUT2D eigenvalue weighted by Gasteiger charge is 2.33. The number of benzene rings is 2. The van der Waals surface area contributed by atoms with Crippen LogP contribution in [0.3, 0.4) is 0 Å². The summed E-state index contributed by atoms with van der Waals surface area (Å²) in [4.78, 5) is 14.4. The van der Waals surface area contributed by atoms with Gasteiger partial charge in [0.25, 0.3) is 0 Å². The fourth-order valence-corrected chi connectivity index (χ4v) is 4.56. The third-order valence-electron chi connectivity index (χ3n) is 5.06. The van der Waals surface area contributed by atoms with Crippen molar-refractivity contribution in [1.29, 1.82) is 0 Å². The molecule has 2 aliphatic rings. The minimum Gasteiger partial charge on any atom is -0.486 e. The van der Waals surface area contributed by atoms with Crippen molar-refractivity contribution in [2.24, 2.45) is 0 Å². The minimum absolute atomic E-state index is 0.0547. The molecule has 29 heavy (non-hydrogen) atoms. The fourth-order valence-electron chi connectivity index (χ4n) is 3.32. The number of rotatable bonds is 7. The van der Waals surface area contributed by atoms with E-state index >= 15 is 0 Å². The maximum atomic E-state index is 14.0. The van der Waals surface area contributed by atoms with Crippen LogP contribution in [-0.2, 0) is 21.2 Å². The van der Waals surface area contributed by atoms with Crippen molar-refractivity contribution in [3.05, 3.63) is 53.8 Å². The number of nitrogens with zero attached hydrogens (tertiary/aromatic N) is 1. The molecule has 2 aromatic rings. The van der Waals surface area contributed by atoms with Gasteiger partial charge in [0.2, 0.25) is 5.91 Å². The molecule has 1 heterocycles. The van der Waals surface area contributed by atoms with E-state index in [1.807, 2.05) is 0 Å². The monoisotopic (exact) mass is 419 g/mol. The molecule has 1 aliphatic heterocycles. The fraction of sp³-hybridized carbons (Fsp3) is 0.381.